The Balaban J connectivity index is 2.67. The van der Waals surface area contributed by atoms with Crippen LogP contribution in [0, 0.1) is 0 Å². The molecule has 1 rings (SSSR count). The highest BCUT2D eigenvalue weighted by atomic mass is 15.4. The summed E-state index contributed by atoms with van der Waals surface area (Å²) >= 11 is 0. The van der Waals surface area contributed by atoms with E-state index in [1.807, 2.05) is 86.2 Å². The van der Waals surface area contributed by atoms with Crippen LogP contribution in [0.5, 0.6) is 0 Å². The highest BCUT2D eigenvalue weighted by molar-refractivity contribution is 5.82. The van der Waals surface area contributed by atoms with Gasteiger partial charge in [0.25, 0.3) is 0 Å². The molecule has 0 atom stereocenters. The van der Waals surface area contributed by atoms with Crippen LogP contribution < -0.4 is 10.3 Å². The molecule has 0 radical (unpaired) electrons. The van der Waals surface area contributed by atoms with Gasteiger partial charge in [-0.05, 0) is 30.7 Å². The van der Waals surface area contributed by atoms with Crippen molar-refractivity contribution < 1.29 is 5.32 Å². The van der Waals surface area contributed by atoms with Gasteiger partial charge in [0.2, 0.25) is 0 Å². The van der Waals surface area contributed by atoms with Crippen molar-refractivity contribution >= 4 is 11.9 Å². The molecule has 1 aromatic carbocycles. The van der Waals surface area contributed by atoms with Crippen molar-refractivity contribution in [2.24, 2.45) is 5.10 Å². The lowest BCUT2D eigenvalue weighted by Crippen LogP contribution is -2.72. The molecule has 3 heteroatoms. The van der Waals surface area contributed by atoms with Crippen molar-refractivity contribution in [1.29, 1.82) is 0 Å². The molecule has 0 saturated heterocycles. The van der Waals surface area contributed by atoms with Gasteiger partial charge in [-0.25, -0.2) is 0 Å². The fraction of sp³-hybridized carbons (Fsp3) is 0.214. The van der Waals surface area contributed by atoms with E-state index in [-0.39, 0.29) is 0 Å². The van der Waals surface area contributed by atoms with Crippen LogP contribution >= 0.6 is 0 Å². The van der Waals surface area contributed by atoms with E-state index in [1.54, 1.807) is 0 Å². The quantitative estimate of drug-likeness (QED) is 0.466. The summed E-state index contributed by atoms with van der Waals surface area (Å²) in [4.78, 5) is 0. The zero-order valence-corrected chi connectivity index (χ0v) is 10.7. The molecule has 0 aliphatic carbocycles. The topological polar surface area (TPSA) is 32.2 Å². The molecule has 3 nitrogen and oxygen atoms in total. The molecule has 0 saturated carbocycles. The number of hydrazone groups is 1. The predicted molar refractivity (Wildman–Crippen MR) is 74.1 cm³/mol. The lowest BCUT2D eigenvalue weighted by molar-refractivity contribution is -0.556. The summed E-state index contributed by atoms with van der Waals surface area (Å²) in [5, 5.41) is 8.25. The second-order valence-corrected chi connectivity index (χ2v) is 3.58. The maximum atomic E-state index is 4.39. The normalized spacial score (nSPS) is 12.5. The summed E-state index contributed by atoms with van der Waals surface area (Å²) in [6.45, 7) is 2.00. The zero-order chi connectivity index (χ0) is 12.5. The molecule has 0 bridgehead atoms. The minimum Gasteiger partial charge on any atom is -0.322 e. The van der Waals surface area contributed by atoms with Crippen LogP contribution in [-0.4, -0.2) is 20.3 Å². The second kappa shape index (κ2) is 7.41. The van der Waals surface area contributed by atoms with Gasteiger partial charge in [-0.15, -0.1) is 0 Å². The molecule has 1 aromatic rings. The fourth-order valence-electron chi connectivity index (χ4n) is 1.28. The number of allylic oxidation sites excluding steroid dienone is 3. The third-order valence-corrected chi connectivity index (χ3v) is 2.32. The van der Waals surface area contributed by atoms with E-state index < -0.39 is 0 Å². The standard InChI is InChI=1S/C14H19N3/c1-4-13(10-11-15-2)12-16-17(3)14-8-6-5-7-9-14/h4-12,15H,1-3H3/p+1. The van der Waals surface area contributed by atoms with E-state index >= 15 is 0 Å². The average Bonchev–Trinajstić information content (AvgIpc) is 2.39. The van der Waals surface area contributed by atoms with Crippen LogP contribution in [0.2, 0.25) is 0 Å². The minimum absolute atomic E-state index is 1.07. The monoisotopic (exact) mass is 230 g/mol. The van der Waals surface area contributed by atoms with Gasteiger partial charge in [0, 0.05) is 7.05 Å². The summed E-state index contributed by atoms with van der Waals surface area (Å²) in [6, 6.07) is 10.1. The van der Waals surface area contributed by atoms with Crippen molar-refractivity contribution in [3.63, 3.8) is 0 Å². The van der Waals surface area contributed by atoms with E-state index in [9.17, 15) is 0 Å². The third-order valence-electron chi connectivity index (χ3n) is 2.32. The molecule has 0 fully saturated rings. The van der Waals surface area contributed by atoms with Gasteiger partial charge in [-0.2, -0.15) is 5.10 Å². The lowest BCUT2D eigenvalue weighted by Gasteiger charge is -2.12. The summed E-state index contributed by atoms with van der Waals surface area (Å²) < 4.78 is 0. The molecular formula is C14H20N3+. The highest BCUT2D eigenvalue weighted by Gasteiger charge is 1.95. The lowest BCUT2D eigenvalue weighted by atomic mass is 10.3. The smallest absolute Gasteiger partial charge is 0.0930 e. The molecule has 0 aliphatic heterocycles. The molecule has 0 aliphatic rings. The average molecular weight is 230 g/mol. The van der Waals surface area contributed by atoms with E-state index in [0.717, 1.165) is 11.3 Å². The fourth-order valence-corrected chi connectivity index (χ4v) is 1.28. The molecule has 2 N–H and O–H groups in total. The molecule has 0 unspecified atom stereocenters. The molecule has 90 valence electrons. The first-order chi connectivity index (χ1) is 8.27. The molecular weight excluding hydrogens is 210 g/mol. The summed E-state index contributed by atoms with van der Waals surface area (Å²) in [5.74, 6) is 0. The first-order valence-corrected chi connectivity index (χ1v) is 5.73. The SMILES string of the molecule is CC=C(C=C[NH2+]C)C=NN(C)c1ccccc1. The Bertz CT molecular complexity index is 405. The number of benzene rings is 1. The maximum absolute atomic E-state index is 4.39. The van der Waals surface area contributed by atoms with Gasteiger partial charge in [0.1, 0.15) is 0 Å². The summed E-state index contributed by atoms with van der Waals surface area (Å²) in [5.41, 5.74) is 2.16. The predicted octanol–water partition coefficient (Wildman–Crippen LogP) is 1.76. The number of nitrogens with two attached hydrogens (primary N) is 1. The van der Waals surface area contributed by atoms with E-state index in [0.29, 0.717) is 0 Å². The van der Waals surface area contributed by atoms with Crippen LogP contribution in [-0.2, 0) is 0 Å². The Kier molecular flexibility index (Phi) is 5.75. The first-order valence-electron chi connectivity index (χ1n) is 5.73. The van der Waals surface area contributed by atoms with Crippen molar-refractivity contribution in [3.05, 3.63) is 54.3 Å². The van der Waals surface area contributed by atoms with Crippen molar-refractivity contribution in [2.75, 3.05) is 19.1 Å². The van der Waals surface area contributed by atoms with Crippen molar-refractivity contribution in [1.82, 2.24) is 0 Å². The van der Waals surface area contributed by atoms with Crippen molar-refractivity contribution in [3.8, 4) is 0 Å². The zero-order valence-electron chi connectivity index (χ0n) is 10.7. The van der Waals surface area contributed by atoms with Crippen LogP contribution in [0.1, 0.15) is 6.92 Å². The van der Waals surface area contributed by atoms with E-state index in [4.69, 9.17) is 0 Å². The maximum Gasteiger partial charge on any atom is 0.0930 e. The number of anilines is 1. The highest BCUT2D eigenvalue weighted by Crippen LogP contribution is 2.10. The van der Waals surface area contributed by atoms with E-state index in [2.05, 4.69) is 5.10 Å². The molecule has 0 amide bonds. The van der Waals surface area contributed by atoms with Crippen LogP contribution in [0.3, 0.4) is 0 Å². The Morgan fingerprint density at radius 1 is 1.29 bits per heavy atom. The van der Waals surface area contributed by atoms with Gasteiger partial charge in [-0.1, -0.05) is 24.3 Å². The summed E-state index contributed by atoms with van der Waals surface area (Å²) in [6.07, 6.45) is 7.92. The van der Waals surface area contributed by atoms with Gasteiger partial charge in [0.05, 0.1) is 25.1 Å². The van der Waals surface area contributed by atoms with Gasteiger partial charge in [-0.3, -0.25) is 5.01 Å². The van der Waals surface area contributed by atoms with Crippen molar-refractivity contribution in [2.45, 2.75) is 6.92 Å². The number of para-hydroxylation sites is 1. The molecule has 17 heavy (non-hydrogen) atoms. The van der Waals surface area contributed by atoms with Crippen LogP contribution in [0.25, 0.3) is 0 Å². The Hall–Kier alpha value is -1.87. The molecule has 0 spiro atoms. The van der Waals surface area contributed by atoms with Gasteiger partial charge < -0.3 is 5.32 Å². The summed E-state index contributed by atoms with van der Waals surface area (Å²) in [7, 11) is 3.94. The number of hydrogen-bond acceptors (Lipinski definition) is 2. The molecule has 0 heterocycles. The number of quaternary nitrogens is 1. The Labute approximate surface area is 103 Å². The number of hydrogen-bond donors (Lipinski definition) is 1. The second-order valence-electron chi connectivity index (χ2n) is 3.58. The van der Waals surface area contributed by atoms with Crippen LogP contribution in [0.4, 0.5) is 5.69 Å². The Morgan fingerprint density at radius 2 is 2.00 bits per heavy atom. The van der Waals surface area contributed by atoms with E-state index in [1.165, 1.54) is 0 Å². The third kappa shape index (κ3) is 4.66. The van der Waals surface area contributed by atoms with Gasteiger partial charge in [0.15, 0.2) is 0 Å². The molecule has 0 aromatic heterocycles. The first kappa shape index (κ1) is 13.2. The van der Waals surface area contributed by atoms with Gasteiger partial charge >= 0.3 is 0 Å². The number of rotatable bonds is 5. The van der Waals surface area contributed by atoms with Crippen LogP contribution in [0.15, 0.2) is 59.4 Å². The Morgan fingerprint density at radius 3 is 2.59 bits per heavy atom. The number of nitrogens with zero attached hydrogens (tertiary/aromatic N) is 2. The largest absolute Gasteiger partial charge is 0.322 e. The minimum atomic E-state index is 1.07.